The zero-order chi connectivity index (χ0) is 23.1. The van der Waals surface area contributed by atoms with Gasteiger partial charge in [0.2, 0.25) is 0 Å². The fourth-order valence-corrected chi connectivity index (χ4v) is 6.50. The molecule has 4 atom stereocenters. The zero-order valence-corrected chi connectivity index (χ0v) is 17.6. The van der Waals surface area contributed by atoms with Crippen molar-refractivity contribution in [2.45, 2.75) is 43.2 Å². The predicted molar refractivity (Wildman–Crippen MR) is 106 cm³/mol. The van der Waals surface area contributed by atoms with E-state index < -0.39 is 53.2 Å². The number of cyclic esters (lactones) is 1. The maximum atomic E-state index is 14.6. The van der Waals surface area contributed by atoms with Gasteiger partial charge in [0.05, 0.1) is 17.3 Å². The van der Waals surface area contributed by atoms with Gasteiger partial charge in [-0.15, -0.1) is 0 Å². The highest BCUT2D eigenvalue weighted by atomic mass is 19.4. The quantitative estimate of drug-likeness (QED) is 0.670. The number of carbonyl (C=O) groups excluding carboxylic acids is 2. The Bertz CT molecular complexity index is 1080. The lowest BCUT2D eigenvalue weighted by Crippen LogP contribution is -2.67. The van der Waals surface area contributed by atoms with Crippen molar-refractivity contribution < 1.29 is 37.0 Å². The van der Waals surface area contributed by atoms with Crippen LogP contribution in [0.5, 0.6) is 0 Å². The van der Waals surface area contributed by atoms with Gasteiger partial charge in [0, 0.05) is 19.4 Å². The molecule has 1 fully saturated rings. The number of hydrogen-bond donors (Lipinski definition) is 0. The number of methoxy groups -OCH3 is 1. The van der Waals surface area contributed by atoms with E-state index in [4.69, 9.17) is 14.2 Å². The summed E-state index contributed by atoms with van der Waals surface area (Å²) in [5.74, 6) is -3.62. The van der Waals surface area contributed by atoms with Crippen LogP contribution in [0.3, 0.4) is 0 Å². The highest BCUT2D eigenvalue weighted by Gasteiger charge is 2.76. The molecular weight excluding hydrogens is 425 g/mol. The molecule has 0 radical (unpaired) electrons. The van der Waals surface area contributed by atoms with E-state index in [2.05, 4.69) is 0 Å². The summed E-state index contributed by atoms with van der Waals surface area (Å²) in [6.07, 6.45) is -8.41. The second kappa shape index (κ2) is 6.57. The summed E-state index contributed by atoms with van der Waals surface area (Å²) in [6, 6.07) is 13.6. The minimum absolute atomic E-state index is 0.382. The summed E-state index contributed by atoms with van der Waals surface area (Å²) >= 11 is 0. The zero-order valence-electron chi connectivity index (χ0n) is 17.6. The molecule has 2 bridgehead atoms. The highest BCUT2D eigenvalue weighted by Crippen LogP contribution is 2.69. The molecule has 1 aliphatic heterocycles. The minimum Gasteiger partial charge on any atom is -0.425 e. The Morgan fingerprint density at radius 3 is 1.97 bits per heavy atom. The Balaban J connectivity index is 1.94. The van der Waals surface area contributed by atoms with Crippen molar-refractivity contribution in [2.75, 3.05) is 7.11 Å². The van der Waals surface area contributed by atoms with Crippen molar-refractivity contribution >= 4 is 11.9 Å². The van der Waals surface area contributed by atoms with Crippen LogP contribution in [-0.2, 0) is 34.6 Å². The summed E-state index contributed by atoms with van der Waals surface area (Å²) in [6.45, 7) is 3.05. The van der Waals surface area contributed by atoms with Crippen molar-refractivity contribution in [1.29, 1.82) is 0 Å². The second-order valence-electron chi connectivity index (χ2n) is 8.74. The maximum Gasteiger partial charge on any atom is 0.415 e. The lowest BCUT2D eigenvalue weighted by Gasteiger charge is -2.61. The van der Waals surface area contributed by atoms with Gasteiger partial charge in [-0.1, -0.05) is 55.5 Å². The third kappa shape index (κ3) is 2.33. The SMILES string of the molecule is CO[C@@H](C(F)(F)F)C12c3ccccc3C(C)(c3ccccc31)[C@@H]1[C@H](OC(C)=O)OC(=O)[C@@H]12. The summed E-state index contributed by atoms with van der Waals surface area (Å²) in [7, 11) is 0.999. The first kappa shape index (κ1) is 21.0. The van der Waals surface area contributed by atoms with Gasteiger partial charge in [0.1, 0.15) is 0 Å². The van der Waals surface area contributed by atoms with Crippen LogP contribution in [-0.4, -0.2) is 37.6 Å². The summed E-state index contributed by atoms with van der Waals surface area (Å²) in [4.78, 5) is 25.1. The Morgan fingerprint density at radius 2 is 1.53 bits per heavy atom. The average molecular weight is 446 g/mol. The molecule has 2 aromatic rings. The van der Waals surface area contributed by atoms with Crippen LogP contribution in [0.25, 0.3) is 0 Å². The summed E-state index contributed by atoms with van der Waals surface area (Å²) < 4.78 is 59.6. The van der Waals surface area contributed by atoms with Crippen molar-refractivity contribution in [2.24, 2.45) is 11.8 Å². The van der Waals surface area contributed by atoms with Crippen LogP contribution >= 0.6 is 0 Å². The first-order valence-corrected chi connectivity index (χ1v) is 10.3. The molecule has 3 aliphatic carbocycles. The molecule has 0 saturated carbocycles. The molecule has 0 amide bonds. The standard InChI is InChI=1S/C24H21F3O5/c1-12(28)31-20-18-17(19(29)32-20)23(21(30-3)24(25,26)27)15-10-6-4-8-13(15)22(18,2)14-9-5-7-11-16(14)23/h4-11,17-18,20-21H,1-3H3/t17-,18+,20-,21-,22?,23?/m1/s1. The Morgan fingerprint density at radius 1 is 1.03 bits per heavy atom. The lowest BCUT2D eigenvalue weighted by molar-refractivity contribution is -0.240. The molecule has 5 nitrogen and oxygen atoms in total. The molecule has 1 heterocycles. The number of hydrogen-bond acceptors (Lipinski definition) is 5. The maximum absolute atomic E-state index is 14.6. The van der Waals surface area contributed by atoms with Crippen molar-refractivity contribution in [3.05, 3.63) is 70.8 Å². The first-order chi connectivity index (χ1) is 15.1. The smallest absolute Gasteiger partial charge is 0.415 e. The van der Waals surface area contributed by atoms with Gasteiger partial charge in [-0.2, -0.15) is 13.2 Å². The van der Waals surface area contributed by atoms with Crippen LogP contribution in [0, 0.1) is 11.8 Å². The van der Waals surface area contributed by atoms with Gasteiger partial charge < -0.3 is 14.2 Å². The van der Waals surface area contributed by atoms with E-state index >= 15 is 0 Å². The van der Waals surface area contributed by atoms with Crippen LogP contribution in [0.2, 0.25) is 0 Å². The van der Waals surface area contributed by atoms with Crippen molar-refractivity contribution in [3.63, 3.8) is 0 Å². The lowest BCUT2D eigenvalue weighted by atomic mass is 9.40. The van der Waals surface area contributed by atoms with E-state index in [-0.39, 0.29) is 0 Å². The predicted octanol–water partition coefficient (Wildman–Crippen LogP) is 3.86. The van der Waals surface area contributed by atoms with E-state index in [1.54, 1.807) is 48.5 Å². The van der Waals surface area contributed by atoms with E-state index in [0.717, 1.165) is 7.11 Å². The number of esters is 2. The fraction of sp³-hybridized carbons (Fsp3) is 0.417. The fourth-order valence-electron chi connectivity index (χ4n) is 6.50. The van der Waals surface area contributed by atoms with Crippen LogP contribution in [0.15, 0.2) is 48.5 Å². The van der Waals surface area contributed by atoms with Gasteiger partial charge in [0.15, 0.2) is 6.10 Å². The molecule has 0 aromatic heterocycles. The topological polar surface area (TPSA) is 61.8 Å². The normalized spacial score (nSPS) is 33.1. The van der Waals surface area contributed by atoms with Crippen molar-refractivity contribution in [3.8, 4) is 0 Å². The van der Waals surface area contributed by atoms with Crippen LogP contribution in [0.4, 0.5) is 13.2 Å². The third-order valence-corrected chi connectivity index (χ3v) is 7.39. The summed E-state index contributed by atoms with van der Waals surface area (Å²) in [5.41, 5.74) is -0.771. The van der Waals surface area contributed by atoms with Gasteiger partial charge in [-0.25, -0.2) is 0 Å². The molecule has 32 heavy (non-hydrogen) atoms. The Kier molecular flexibility index (Phi) is 4.31. The summed E-state index contributed by atoms with van der Waals surface area (Å²) in [5, 5.41) is 0. The van der Waals surface area contributed by atoms with Crippen LogP contribution < -0.4 is 0 Å². The molecular formula is C24H21F3O5. The third-order valence-electron chi connectivity index (χ3n) is 7.39. The molecule has 0 spiro atoms. The Labute approximate surface area is 182 Å². The molecule has 0 N–H and O–H groups in total. The molecule has 1 saturated heterocycles. The highest BCUT2D eigenvalue weighted by molar-refractivity contribution is 5.84. The minimum atomic E-state index is -4.79. The molecule has 0 unspecified atom stereocenters. The van der Waals surface area contributed by atoms with E-state index in [1.165, 1.54) is 6.92 Å². The number of benzene rings is 2. The van der Waals surface area contributed by atoms with E-state index in [0.29, 0.717) is 22.3 Å². The molecule has 6 rings (SSSR count). The van der Waals surface area contributed by atoms with Gasteiger partial charge in [-0.05, 0) is 22.3 Å². The Hall–Kier alpha value is -2.87. The number of carbonyl (C=O) groups is 2. The number of alkyl halides is 3. The van der Waals surface area contributed by atoms with Crippen molar-refractivity contribution in [1.82, 2.24) is 0 Å². The van der Waals surface area contributed by atoms with Gasteiger partial charge >= 0.3 is 18.1 Å². The van der Waals surface area contributed by atoms with E-state index in [9.17, 15) is 22.8 Å². The molecule has 168 valence electrons. The first-order valence-electron chi connectivity index (χ1n) is 10.3. The van der Waals surface area contributed by atoms with Crippen LogP contribution in [0.1, 0.15) is 36.1 Å². The number of halogens is 3. The largest absolute Gasteiger partial charge is 0.425 e. The molecule has 8 heteroatoms. The monoisotopic (exact) mass is 446 g/mol. The van der Waals surface area contributed by atoms with E-state index in [1.807, 2.05) is 6.92 Å². The number of rotatable bonds is 3. The van der Waals surface area contributed by atoms with Gasteiger partial charge in [-0.3, -0.25) is 9.59 Å². The molecule has 2 aromatic carbocycles. The average Bonchev–Trinajstić information content (AvgIpc) is 3.06. The molecule has 4 aliphatic rings. The second-order valence-corrected chi connectivity index (χ2v) is 8.74. The number of ether oxygens (including phenoxy) is 3. The van der Waals surface area contributed by atoms with Gasteiger partial charge in [0.25, 0.3) is 6.29 Å².